The standard InChI is InChI=1S/C27H30N2O7S/c1-27(2,3)36-25(31)16-22(17-30)29-37(33,34)24-11-10-21(26(28)32)15-23(24)35-13-12-18-8-9-19-6-4-5-7-20(19)14-18/h4-11,14-15,17,22,29H,12-13,16H2,1-3H3,(H2,28,32). The van der Waals surface area contributed by atoms with Gasteiger partial charge in [0.05, 0.1) is 19.1 Å². The maximum absolute atomic E-state index is 13.1. The number of hydrogen-bond donors (Lipinski definition) is 2. The molecule has 10 heteroatoms. The second kappa shape index (κ2) is 11.5. The third-order valence-electron chi connectivity index (χ3n) is 5.26. The highest BCUT2D eigenvalue weighted by Crippen LogP contribution is 2.26. The van der Waals surface area contributed by atoms with Crippen molar-refractivity contribution in [3.05, 3.63) is 71.8 Å². The number of carbonyl (C=O) groups is 3. The molecule has 0 saturated carbocycles. The molecule has 1 atom stereocenters. The summed E-state index contributed by atoms with van der Waals surface area (Å²) in [5.74, 6) is -1.60. The smallest absolute Gasteiger partial charge is 0.308 e. The van der Waals surface area contributed by atoms with Crippen LogP contribution in [0.25, 0.3) is 10.8 Å². The summed E-state index contributed by atoms with van der Waals surface area (Å²) in [7, 11) is -4.32. The van der Waals surface area contributed by atoms with Crippen LogP contribution in [0.5, 0.6) is 5.75 Å². The number of primary amides is 1. The number of amides is 1. The molecule has 0 bridgehead atoms. The van der Waals surface area contributed by atoms with Gasteiger partial charge in [0.15, 0.2) is 0 Å². The molecule has 37 heavy (non-hydrogen) atoms. The summed E-state index contributed by atoms with van der Waals surface area (Å²) in [5, 5.41) is 2.16. The van der Waals surface area contributed by atoms with Crippen molar-refractivity contribution in [3.8, 4) is 5.75 Å². The first-order valence-electron chi connectivity index (χ1n) is 11.6. The summed E-state index contributed by atoms with van der Waals surface area (Å²) in [5.41, 5.74) is 5.61. The van der Waals surface area contributed by atoms with Crippen LogP contribution in [0, 0.1) is 0 Å². The molecule has 3 N–H and O–H groups in total. The van der Waals surface area contributed by atoms with E-state index in [4.69, 9.17) is 15.2 Å². The number of rotatable bonds is 11. The number of benzene rings is 3. The van der Waals surface area contributed by atoms with Gasteiger partial charge >= 0.3 is 5.97 Å². The van der Waals surface area contributed by atoms with E-state index in [1.807, 2.05) is 42.5 Å². The van der Waals surface area contributed by atoms with Crippen LogP contribution in [-0.4, -0.2) is 44.8 Å². The SMILES string of the molecule is CC(C)(C)OC(=O)CC(C=O)NS(=O)(=O)c1ccc(C(N)=O)cc1OCCc1ccc2ccccc2c1. The van der Waals surface area contributed by atoms with Gasteiger partial charge in [0, 0.05) is 12.0 Å². The second-order valence-electron chi connectivity index (χ2n) is 9.46. The molecule has 3 rings (SSSR count). The maximum atomic E-state index is 13.1. The van der Waals surface area contributed by atoms with Gasteiger partial charge in [-0.1, -0.05) is 42.5 Å². The molecule has 196 valence electrons. The van der Waals surface area contributed by atoms with Crippen LogP contribution in [0.2, 0.25) is 0 Å². The minimum Gasteiger partial charge on any atom is -0.492 e. The van der Waals surface area contributed by atoms with Crippen molar-refractivity contribution in [1.29, 1.82) is 0 Å². The van der Waals surface area contributed by atoms with E-state index in [1.165, 1.54) is 18.2 Å². The lowest BCUT2D eigenvalue weighted by Crippen LogP contribution is -2.39. The highest BCUT2D eigenvalue weighted by atomic mass is 32.2. The van der Waals surface area contributed by atoms with Crippen LogP contribution in [0.3, 0.4) is 0 Å². The Balaban J connectivity index is 1.79. The Hall–Kier alpha value is -3.76. The molecule has 0 radical (unpaired) electrons. The molecule has 3 aromatic rings. The molecule has 3 aromatic carbocycles. The highest BCUT2D eigenvalue weighted by Gasteiger charge is 2.27. The van der Waals surface area contributed by atoms with Crippen molar-refractivity contribution in [2.45, 2.75) is 50.2 Å². The molecule has 0 heterocycles. The molecule has 0 spiro atoms. The second-order valence-corrected chi connectivity index (χ2v) is 11.1. The van der Waals surface area contributed by atoms with E-state index in [1.54, 1.807) is 20.8 Å². The van der Waals surface area contributed by atoms with Gasteiger partial charge in [-0.2, -0.15) is 0 Å². The van der Waals surface area contributed by atoms with Crippen molar-refractivity contribution in [1.82, 2.24) is 4.72 Å². The summed E-state index contributed by atoms with van der Waals surface area (Å²) in [6.07, 6.45) is 0.297. The Morgan fingerprint density at radius 3 is 2.38 bits per heavy atom. The lowest BCUT2D eigenvalue weighted by molar-refractivity contribution is -0.155. The van der Waals surface area contributed by atoms with Gasteiger partial charge in [-0.3, -0.25) is 9.59 Å². The van der Waals surface area contributed by atoms with Gasteiger partial charge in [0.2, 0.25) is 15.9 Å². The summed E-state index contributed by atoms with van der Waals surface area (Å²) < 4.78 is 39.4. The molecule has 1 amide bonds. The molecular weight excluding hydrogens is 496 g/mol. The molecule has 0 aliphatic heterocycles. The Morgan fingerprint density at radius 2 is 1.73 bits per heavy atom. The van der Waals surface area contributed by atoms with Gasteiger partial charge in [-0.05, 0) is 55.3 Å². The number of esters is 1. The largest absolute Gasteiger partial charge is 0.492 e. The van der Waals surface area contributed by atoms with Gasteiger partial charge in [0.25, 0.3) is 0 Å². The first kappa shape index (κ1) is 27.8. The summed E-state index contributed by atoms with van der Waals surface area (Å²) in [6.45, 7) is 5.09. The van der Waals surface area contributed by atoms with E-state index in [2.05, 4.69) is 4.72 Å². The molecular formula is C27H30N2O7S. The Labute approximate surface area is 216 Å². The van der Waals surface area contributed by atoms with Gasteiger partial charge in [-0.25, -0.2) is 13.1 Å². The molecule has 0 aliphatic rings. The summed E-state index contributed by atoms with van der Waals surface area (Å²) in [6, 6.07) is 16.1. The lowest BCUT2D eigenvalue weighted by Gasteiger charge is -2.21. The molecule has 0 fully saturated rings. The minimum absolute atomic E-state index is 0.0559. The van der Waals surface area contributed by atoms with E-state index < -0.39 is 40.0 Å². The van der Waals surface area contributed by atoms with E-state index in [-0.39, 0.29) is 22.8 Å². The van der Waals surface area contributed by atoms with Crippen LogP contribution in [0.4, 0.5) is 0 Å². The fourth-order valence-corrected chi connectivity index (χ4v) is 4.91. The van der Waals surface area contributed by atoms with E-state index >= 15 is 0 Å². The highest BCUT2D eigenvalue weighted by molar-refractivity contribution is 7.89. The molecule has 9 nitrogen and oxygen atoms in total. The zero-order valence-corrected chi connectivity index (χ0v) is 21.7. The van der Waals surface area contributed by atoms with Crippen molar-refractivity contribution in [3.63, 3.8) is 0 Å². The Bertz CT molecular complexity index is 1410. The third kappa shape index (κ3) is 7.86. The monoisotopic (exact) mass is 526 g/mol. The average Bonchev–Trinajstić information content (AvgIpc) is 2.82. The first-order chi connectivity index (χ1) is 17.4. The quantitative estimate of drug-likeness (QED) is 0.289. The average molecular weight is 527 g/mol. The van der Waals surface area contributed by atoms with Crippen LogP contribution >= 0.6 is 0 Å². The third-order valence-corrected chi connectivity index (χ3v) is 6.79. The fraction of sp³-hybridized carbons (Fsp3) is 0.296. The summed E-state index contributed by atoms with van der Waals surface area (Å²) in [4.78, 5) is 35.0. The number of fused-ring (bicyclic) bond motifs is 1. The lowest BCUT2D eigenvalue weighted by atomic mass is 10.1. The number of hydrogen-bond acceptors (Lipinski definition) is 7. The zero-order chi connectivity index (χ0) is 27.2. The van der Waals surface area contributed by atoms with E-state index in [0.29, 0.717) is 12.7 Å². The minimum atomic E-state index is -4.32. The first-order valence-corrected chi connectivity index (χ1v) is 13.1. The summed E-state index contributed by atoms with van der Waals surface area (Å²) >= 11 is 0. The molecule has 0 saturated heterocycles. The number of carbonyl (C=O) groups excluding carboxylic acids is 3. The normalized spacial score (nSPS) is 12.6. The van der Waals surface area contributed by atoms with Crippen LogP contribution in [-0.2, 0) is 30.8 Å². The Morgan fingerprint density at radius 1 is 1.03 bits per heavy atom. The molecule has 0 aromatic heterocycles. The Kier molecular flexibility index (Phi) is 8.67. The maximum Gasteiger partial charge on any atom is 0.308 e. The van der Waals surface area contributed by atoms with Crippen molar-refractivity contribution >= 4 is 39.0 Å². The van der Waals surface area contributed by atoms with Gasteiger partial charge in [0.1, 0.15) is 22.5 Å². The predicted octanol–water partition coefficient (Wildman–Crippen LogP) is 3.14. The zero-order valence-electron chi connectivity index (χ0n) is 20.9. The predicted molar refractivity (Wildman–Crippen MR) is 139 cm³/mol. The number of ether oxygens (including phenoxy) is 2. The van der Waals surface area contributed by atoms with Gasteiger partial charge in [-0.15, -0.1) is 0 Å². The number of nitrogens with two attached hydrogens (primary N) is 1. The van der Waals surface area contributed by atoms with Crippen molar-refractivity contribution in [2.75, 3.05) is 6.61 Å². The van der Waals surface area contributed by atoms with Gasteiger partial charge < -0.3 is 20.0 Å². The van der Waals surface area contributed by atoms with Crippen molar-refractivity contribution < 1.29 is 32.3 Å². The molecule has 0 aliphatic carbocycles. The van der Waals surface area contributed by atoms with Crippen LogP contribution in [0.1, 0.15) is 43.1 Å². The van der Waals surface area contributed by atoms with Crippen molar-refractivity contribution in [2.24, 2.45) is 5.73 Å². The number of sulfonamides is 1. The fourth-order valence-electron chi connectivity index (χ4n) is 3.61. The molecule has 1 unspecified atom stereocenters. The number of nitrogens with one attached hydrogen (secondary N) is 1. The van der Waals surface area contributed by atoms with Crippen LogP contribution < -0.4 is 15.2 Å². The van der Waals surface area contributed by atoms with E-state index in [0.717, 1.165) is 16.3 Å². The number of aldehydes is 1. The van der Waals surface area contributed by atoms with E-state index in [9.17, 15) is 22.8 Å². The topological polar surface area (TPSA) is 142 Å². The van der Waals surface area contributed by atoms with Crippen LogP contribution in [0.15, 0.2) is 65.6 Å².